The summed E-state index contributed by atoms with van der Waals surface area (Å²) in [6, 6.07) is 6.19. The van der Waals surface area contributed by atoms with Gasteiger partial charge < -0.3 is 15.0 Å². The van der Waals surface area contributed by atoms with Crippen LogP contribution in [0.2, 0.25) is 0 Å². The highest BCUT2D eigenvalue weighted by Crippen LogP contribution is 2.23. The lowest BCUT2D eigenvalue weighted by Crippen LogP contribution is -2.47. The molecule has 1 heterocycles. The molecule has 0 radical (unpaired) electrons. The topological polar surface area (TPSA) is 24.5 Å². The van der Waals surface area contributed by atoms with Gasteiger partial charge in [-0.3, -0.25) is 0 Å². The summed E-state index contributed by atoms with van der Waals surface area (Å²) < 4.78 is 6.51. The van der Waals surface area contributed by atoms with Gasteiger partial charge in [0.15, 0.2) is 0 Å². The second-order valence-electron chi connectivity index (χ2n) is 4.99. The van der Waals surface area contributed by atoms with Gasteiger partial charge in [-0.1, -0.05) is 15.9 Å². The summed E-state index contributed by atoms with van der Waals surface area (Å²) in [5.74, 6) is 1.82. The molecule has 100 valence electrons. The molecule has 1 fully saturated rings. The van der Waals surface area contributed by atoms with Gasteiger partial charge in [-0.15, -0.1) is 0 Å². The number of ether oxygens (including phenoxy) is 1. The third kappa shape index (κ3) is 3.70. The van der Waals surface area contributed by atoms with Crippen LogP contribution in [0.3, 0.4) is 0 Å². The van der Waals surface area contributed by atoms with Crippen molar-refractivity contribution >= 4 is 15.9 Å². The lowest BCUT2D eigenvalue weighted by molar-refractivity contribution is 0.225. The Balaban J connectivity index is 1.86. The molecule has 1 aliphatic rings. The van der Waals surface area contributed by atoms with E-state index in [9.17, 15) is 0 Å². The Morgan fingerprint density at radius 3 is 2.83 bits per heavy atom. The molecule has 18 heavy (non-hydrogen) atoms. The summed E-state index contributed by atoms with van der Waals surface area (Å²) in [6.07, 6.45) is 1.03. The van der Waals surface area contributed by atoms with Gasteiger partial charge in [0.05, 0.1) is 7.11 Å². The quantitative estimate of drug-likeness (QED) is 0.871. The Kier molecular flexibility index (Phi) is 5.03. The lowest BCUT2D eigenvalue weighted by atomic mass is 10.0. The van der Waals surface area contributed by atoms with Crippen molar-refractivity contribution in [1.82, 2.24) is 10.2 Å². The van der Waals surface area contributed by atoms with E-state index in [1.54, 1.807) is 7.11 Å². The fourth-order valence-electron chi connectivity index (χ4n) is 2.26. The molecule has 0 atom stereocenters. The van der Waals surface area contributed by atoms with Crippen molar-refractivity contribution in [3.05, 3.63) is 28.2 Å². The zero-order valence-electron chi connectivity index (χ0n) is 11.1. The first-order valence-electron chi connectivity index (χ1n) is 6.40. The molecule has 1 aromatic rings. The first-order valence-corrected chi connectivity index (χ1v) is 7.20. The molecule has 1 saturated heterocycles. The van der Waals surface area contributed by atoms with Gasteiger partial charge in [0.1, 0.15) is 5.75 Å². The molecule has 0 saturated carbocycles. The van der Waals surface area contributed by atoms with E-state index in [4.69, 9.17) is 4.74 Å². The van der Waals surface area contributed by atoms with Crippen LogP contribution < -0.4 is 10.1 Å². The Labute approximate surface area is 118 Å². The van der Waals surface area contributed by atoms with Crippen molar-refractivity contribution in [3.8, 4) is 5.75 Å². The number of methoxy groups -OCH3 is 1. The van der Waals surface area contributed by atoms with Gasteiger partial charge in [0, 0.05) is 30.7 Å². The van der Waals surface area contributed by atoms with E-state index >= 15 is 0 Å². The van der Waals surface area contributed by atoms with E-state index in [-0.39, 0.29) is 0 Å². The van der Waals surface area contributed by atoms with Gasteiger partial charge in [-0.2, -0.15) is 0 Å². The minimum atomic E-state index is 0.833. The van der Waals surface area contributed by atoms with Crippen LogP contribution in [-0.4, -0.2) is 45.2 Å². The van der Waals surface area contributed by atoms with Gasteiger partial charge in [0.25, 0.3) is 0 Å². The van der Waals surface area contributed by atoms with Crippen LogP contribution in [-0.2, 0) is 6.42 Å². The third-order valence-electron chi connectivity index (χ3n) is 3.44. The van der Waals surface area contributed by atoms with Crippen molar-refractivity contribution in [2.24, 2.45) is 5.92 Å². The molecule has 0 unspecified atom stereocenters. The number of rotatable bonds is 6. The van der Waals surface area contributed by atoms with E-state index < -0.39 is 0 Å². The standard InChI is InChI=1S/C14H21BrN2O/c1-17(10-11-8-16-9-11)6-5-12-7-13(15)3-4-14(12)18-2/h3-4,7,11,16H,5-6,8-10H2,1-2H3. The third-order valence-corrected chi connectivity index (χ3v) is 3.93. The van der Waals surface area contributed by atoms with Crippen molar-refractivity contribution in [2.75, 3.05) is 40.3 Å². The average molecular weight is 313 g/mol. The van der Waals surface area contributed by atoms with Crippen molar-refractivity contribution in [2.45, 2.75) is 6.42 Å². The number of hydrogen-bond acceptors (Lipinski definition) is 3. The molecule has 3 nitrogen and oxygen atoms in total. The Morgan fingerprint density at radius 1 is 1.44 bits per heavy atom. The number of benzene rings is 1. The first-order chi connectivity index (χ1) is 8.69. The highest BCUT2D eigenvalue weighted by Gasteiger charge is 2.18. The van der Waals surface area contributed by atoms with E-state index in [1.807, 2.05) is 12.1 Å². The largest absolute Gasteiger partial charge is 0.496 e. The minimum Gasteiger partial charge on any atom is -0.496 e. The van der Waals surface area contributed by atoms with E-state index in [0.29, 0.717) is 0 Å². The maximum atomic E-state index is 5.40. The molecule has 0 aromatic heterocycles. The fraction of sp³-hybridized carbons (Fsp3) is 0.571. The molecular formula is C14H21BrN2O. The van der Waals surface area contributed by atoms with Crippen LogP contribution >= 0.6 is 15.9 Å². The summed E-state index contributed by atoms with van der Waals surface area (Å²) in [6.45, 7) is 4.60. The van der Waals surface area contributed by atoms with Crippen molar-refractivity contribution in [1.29, 1.82) is 0 Å². The predicted octanol–water partition coefficient (Wildman–Crippen LogP) is 2.15. The summed E-state index contributed by atoms with van der Waals surface area (Å²) >= 11 is 3.52. The van der Waals surface area contributed by atoms with Crippen molar-refractivity contribution in [3.63, 3.8) is 0 Å². The Morgan fingerprint density at radius 2 is 2.22 bits per heavy atom. The molecule has 1 aromatic carbocycles. The molecule has 0 aliphatic carbocycles. The minimum absolute atomic E-state index is 0.833. The number of nitrogens with one attached hydrogen (secondary N) is 1. The predicted molar refractivity (Wildman–Crippen MR) is 78.3 cm³/mol. The van der Waals surface area contributed by atoms with Gasteiger partial charge in [-0.25, -0.2) is 0 Å². The zero-order chi connectivity index (χ0) is 13.0. The molecule has 1 aliphatic heterocycles. The van der Waals surface area contributed by atoms with Crippen LogP contribution in [0.25, 0.3) is 0 Å². The van der Waals surface area contributed by atoms with Crippen LogP contribution in [0.1, 0.15) is 5.56 Å². The highest BCUT2D eigenvalue weighted by molar-refractivity contribution is 9.10. The Bertz CT molecular complexity index is 393. The molecule has 4 heteroatoms. The second kappa shape index (κ2) is 6.55. The molecular weight excluding hydrogens is 292 g/mol. The first kappa shape index (κ1) is 13.8. The van der Waals surface area contributed by atoms with Crippen LogP contribution in [0.5, 0.6) is 5.75 Å². The average Bonchev–Trinajstić information content (AvgIpc) is 2.31. The Hall–Kier alpha value is -0.580. The highest BCUT2D eigenvalue weighted by atomic mass is 79.9. The number of nitrogens with zero attached hydrogens (tertiary/aromatic N) is 1. The summed E-state index contributed by atoms with van der Waals surface area (Å²) in [5.41, 5.74) is 1.27. The van der Waals surface area contributed by atoms with E-state index in [0.717, 1.165) is 29.1 Å². The normalized spacial score (nSPS) is 15.8. The second-order valence-corrected chi connectivity index (χ2v) is 5.91. The molecule has 2 rings (SSSR count). The monoisotopic (exact) mass is 312 g/mol. The number of hydrogen-bond donors (Lipinski definition) is 1. The molecule has 1 N–H and O–H groups in total. The van der Waals surface area contributed by atoms with Crippen LogP contribution in [0, 0.1) is 5.92 Å². The lowest BCUT2D eigenvalue weighted by Gasteiger charge is -2.31. The number of halogens is 1. The zero-order valence-corrected chi connectivity index (χ0v) is 12.7. The number of likely N-dealkylation sites (N-methyl/N-ethyl adjacent to an activating group) is 1. The maximum absolute atomic E-state index is 5.40. The van der Waals surface area contributed by atoms with E-state index in [2.05, 4.69) is 39.3 Å². The fourth-order valence-corrected chi connectivity index (χ4v) is 2.67. The van der Waals surface area contributed by atoms with Crippen LogP contribution in [0.4, 0.5) is 0 Å². The summed E-state index contributed by atoms with van der Waals surface area (Å²) in [5, 5.41) is 3.31. The van der Waals surface area contributed by atoms with Gasteiger partial charge in [-0.05, 0) is 43.1 Å². The molecule has 0 amide bonds. The molecule has 0 spiro atoms. The maximum Gasteiger partial charge on any atom is 0.122 e. The SMILES string of the molecule is COc1ccc(Br)cc1CCN(C)CC1CNC1. The molecule has 0 bridgehead atoms. The van der Waals surface area contributed by atoms with Gasteiger partial charge >= 0.3 is 0 Å². The van der Waals surface area contributed by atoms with E-state index in [1.165, 1.54) is 25.2 Å². The van der Waals surface area contributed by atoms with Gasteiger partial charge in [0.2, 0.25) is 0 Å². The van der Waals surface area contributed by atoms with Crippen LogP contribution in [0.15, 0.2) is 22.7 Å². The summed E-state index contributed by atoms with van der Waals surface area (Å²) in [4.78, 5) is 2.41. The smallest absolute Gasteiger partial charge is 0.122 e. The summed E-state index contributed by atoms with van der Waals surface area (Å²) in [7, 11) is 3.93. The van der Waals surface area contributed by atoms with Crippen molar-refractivity contribution < 1.29 is 4.74 Å².